The van der Waals surface area contributed by atoms with Gasteiger partial charge in [-0.15, -0.1) is 0 Å². The van der Waals surface area contributed by atoms with Crippen LogP contribution in [0, 0.1) is 5.92 Å². The number of nitrogens with zero attached hydrogens (tertiary/aromatic N) is 2. The Labute approximate surface area is 129 Å². The average Bonchev–Trinajstić information content (AvgIpc) is 3.12. The first-order chi connectivity index (χ1) is 10.0. The fraction of sp³-hybridized carbons (Fsp3) is 0.941. The van der Waals surface area contributed by atoms with Gasteiger partial charge in [-0.2, -0.15) is 0 Å². The normalized spacial score (nSPS) is 31.3. The molecular formula is C17H31N3O. The van der Waals surface area contributed by atoms with Crippen molar-refractivity contribution in [1.82, 2.24) is 15.1 Å². The predicted molar refractivity (Wildman–Crippen MR) is 85.3 cm³/mol. The number of fused-ring (bicyclic) bond motifs is 2. The molecule has 0 aromatic rings. The van der Waals surface area contributed by atoms with Crippen LogP contribution < -0.4 is 5.32 Å². The van der Waals surface area contributed by atoms with Crippen LogP contribution >= 0.6 is 0 Å². The van der Waals surface area contributed by atoms with Crippen LogP contribution in [0.4, 0.5) is 4.79 Å². The first-order valence-corrected chi connectivity index (χ1v) is 8.87. The zero-order valence-electron chi connectivity index (χ0n) is 13.8. The highest BCUT2D eigenvalue weighted by atomic mass is 16.2. The Balaban J connectivity index is 1.55. The summed E-state index contributed by atoms with van der Waals surface area (Å²) in [5, 5.41) is 3.22. The van der Waals surface area contributed by atoms with Crippen LogP contribution in [0.25, 0.3) is 0 Å². The topological polar surface area (TPSA) is 35.6 Å². The first-order valence-electron chi connectivity index (χ1n) is 8.87. The molecule has 3 aliphatic rings. The summed E-state index contributed by atoms with van der Waals surface area (Å²) in [5.41, 5.74) is 0. The van der Waals surface area contributed by atoms with E-state index < -0.39 is 0 Å². The van der Waals surface area contributed by atoms with E-state index in [9.17, 15) is 4.79 Å². The van der Waals surface area contributed by atoms with Crippen LogP contribution in [-0.2, 0) is 0 Å². The maximum atomic E-state index is 12.5. The number of amides is 2. The van der Waals surface area contributed by atoms with E-state index in [0.717, 1.165) is 31.8 Å². The highest BCUT2D eigenvalue weighted by molar-refractivity contribution is 5.74. The highest BCUT2D eigenvalue weighted by Gasteiger charge is 2.39. The van der Waals surface area contributed by atoms with Gasteiger partial charge in [0.15, 0.2) is 0 Å². The number of carbonyl (C=O) groups is 1. The van der Waals surface area contributed by atoms with Gasteiger partial charge in [0.1, 0.15) is 0 Å². The minimum Gasteiger partial charge on any atom is -0.336 e. The Morgan fingerprint density at radius 1 is 1.10 bits per heavy atom. The van der Waals surface area contributed by atoms with E-state index in [4.69, 9.17) is 0 Å². The summed E-state index contributed by atoms with van der Waals surface area (Å²) in [5.74, 6) is 0.872. The van der Waals surface area contributed by atoms with Gasteiger partial charge in [-0.1, -0.05) is 12.8 Å². The van der Waals surface area contributed by atoms with E-state index in [0.29, 0.717) is 24.2 Å². The third-order valence-corrected chi connectivity index (χ3v) is 5.48. The van der Waals surface area contributed by atoms with Crippen molar-refractivity contribution in [3.63, 3.8) is 0 Å². The third kappa shape index (κ3) is 3.53. The summed E-state index contributed by atoms with van der Waals surface area (Å²) in [7, 11) is 0. The molecule has 3 fully saturated rings. The summed E-state index contributed by atoms with van der Waals surface area (Å²) in [4.78, 5) is 17.2. The van der Waals surface area contributed by atoms with Crippen molar-refractivity contribution < 1.29 is 4.79 Å². The van der Waals surface area contributed by atoms with Gasteiger partial charge in [0.05, 0.1) is 0 Å². The maximum Gasteiger partial charge on any atom is 0.317 e. The molecule has 2 amide bonds. The largest absolute Gasteiger partial charge is 0.336 e. The maximum absolute atomic E-state index is 12.5. The monoisotopic (exact) mass is 293 g/mol. The van der Waals surface area contributed by atoms with Crippen LogP contribution in [0.3, 0.4) is 0 Å². The van der Waals surface area contributed by atoms with Gasteiger partial charge in [0, 0.05) is 37.3 Å². The Hall–Kier alpha value is -0.770. The molecule has 2 aliphatic heterocycles. The van der Waals surface area contributed by atoms with Gasteiger partial charge in [-0.25, -0.2) is 4.79 Å². The zero-order valence-corrected chi connectivity index (χ0v) is 13.8. The minimum absolute atomic E-state index is 0.166. The summed E-state index contributed by atoms with van der Waals surface area (Å²) in [6.45, 7) is 8.57. The lowest BCUT2D eigenvalue weighted by Gasteiger charge is -2.32. The fourth-order valence-electron chi connectivity index (χ4n) is 4.35. The molecule has 0 spiro atoms. The quantitative estimate of drug-likeness (QED) is 0.865. The fourth-order valence-corrected chi connectivity index (χ4v) is 4.35. The van der Waals surface area contributed by atoms with Crippen molar-refractivity contribution in [1.29, 1.82) is 0 Å². The van der Waals surface area contributed by atoms with Crippen molar-refractivity contribution in [2.24, 2.45) is 5.92 Å². The Morgan fingerprint density at radius 2 is 1.81 bits per heavy atom. The predicted octanol–water partition coefficient (Wildman–Crippen LogP) is 2.83. The number of carbonyl (C=O) groups excluding carboxylic acids is 1. The van der Waals surface area contributed by atoms with Crippen molar-refractivity contribution in [2.75, 3.05) is 13.1 Å². The lowest BCUT2D eigenvalue weighted by molar-refractivity contribution is 0.146. The molecule has 3 rings (SSSR count). The Kier molecular flexibility index (Phi) is 4.43. The summed E-state index contributed by atoms with van der Waals surface area (Å²) in [6, 6.07) is 2.35. The molecule has 3 atom stereocenters. The summed E-state index contributed by atoms with van der Waals surface area (Å²) in [6.07, 6.45) is 7.58. The van der Waals surface area contributed by atoms with Gasteiger partial charge in [-0.3, -0.25) is 4.90 Å². The van der Waals surface area contributed by atoms with Crippen molar-refractivity contribution >= 4 is 6.03 Å². The van der Waals surface area contributed by atoms with Gasteiger partial charge in [-0.05, 0) is 52.4 Å². The molecule has 1 aliphatic carbocycles. The van der Waals surface area contributed by atoms with E-state index in [2.05, 4.69) is 35.9 Å². The Bertz CT molecular complexity index is 380. The van der Waals surface area contributed by atoms with Gasteiger partial charge < -0.3 is 10.2 Å². The molecule has 2 heterocycles. The van der Waals surface area contributed by atoms with Crippen LogP contribution in [0.5, 0.6) is 0 Å². The zero-order chi connectivity index (χ0) is 15.0. The van der Waals surface area contributed by atoms with Crippen LogP contribution in [0.1, 0.15) is 59.3 Å². The van der Waals surface area contributed by atoms with Gasteiger partial charge in [0.25, 0.3) is 0 Å². The second-order valence-corrected chi connectivity index (χ2v) is 7.69. The number of hydrogen-bond acceptors (Lipinski definition) is 2. The first kappa shape index (κ1) is 15.1. The molecule has 0 aromatic carbocycles. The number of urea groups is 1. The van der Waals surface area contributed by atoms with Crippen molar-refractivity contribution in [3.8, 4) is 0 Å². The molecule has 21 heavy (non-hydrogen) atoms. The summed E-state index contributed by atoms with van der Waals surface area (Å²) >= 11 is 0. The lowest BCUT2D eigenvalue weighted by atomic mass is 10.1. The second kappa shape index (κ2) is 6.15. The molecule has 2 saturated heterocycles. The molecule has 4 nitrogen and oxygen atoms in total. The smallest absolute Gasteiger partial charge is 0.317 e. The van der Waals surface area contributed by atoms with Crippen molar-refractivity contribution in [3.05, 3.63) is 0 Å². The molecule has 1 N–H and O–H groups in total. The number of likely N-dealkylation sites (tertiary alicyclic amines) is 1. The molecule has 1 saturated carbocycles. The number of rotatable bonds is 4. The molecule has 2 bridgehead atoms. The molecule has 4 heteroatoms. The standard InChI is InChI=1S/C17H31N3O/c1-12(2)20-15-6-7-16(20)11-19(9-8-15)17(21)18-13(3)10-14-4-5-14/h12-16H,4-11H2,1-3H3,(H,18,21)/t13-,15-,16+/m1/s1. The number of nitrogens with one attached hydrogen (secondary N) is 1. The van der Waals surface area contributed by atoms with Gasteiger partial charge >= 0.3 is 6.03 Å². The summed E-state index contributed by atoms with van der Waals surface area (Å²) < 4.78 is 0. The lowest BCUT2D eigenvalue weighted by Crippen LogP contribution is -2.48. The van der Waals surface area contributed by atoms with E-state index in [1.807, 2.05) is 0 Å². The average molecular weight is 293 g/mol. The van der Waals surface area contributed by atoms with E-state index in [1.54, 1.807) is 0 Å². The second-order valence-electron chi connectivity index (χ2n) is 7.69. The van der Waals surface area contributed by atoms with Crippen LogP contribution in [0.15, 0.2) is 0 Å². The SMILES string of the molecule is CC(C)N1[C@@H]2CC[C@H]1CN(C(=O)N[C@H](C)CC1CC1)CC2. The Morgan fingerprint density at radius 3 is 2.48 bits per heavy atom. The van der Waals surface area contributed by atoms with E-state index in [-0.39, 0.29) is 6.03 Å². The highest BCUT2D eigenvalue weighted by Crippen LogP contribution is 2.34. The van der Waals surface area contributed by atoms with E-state index in [1.165, 1.54) is 25.7 Å². The van der Waals surface area contributed by atoms with Gasteiger partial charge in [0.2, 0.25) is 0 Å². The molecule has 0 radical (unpaired) electrons. The minimum atomic E-state index is 0.166. The van der Waals surface area contributed by atoms with Crippen molar-refractivity contribution in [2.45, 2.75) is 83.5 Å². The molecule has 0 aromatic heterocycles. The third-order valence-electron chi connectivity index (χ3n) is 5.48. The van der Waals surface area contributed by atoms with Crippen LogP contribution in [0.2, 0.25) is 0 Å². The number of hydrogen-bond donors (Lipinski definition) is 1. The molecular weight excluding hydrogens is 262 g/mol. The van der Waals surface area contributed by atoms with Crippen LogP contribution in [-0.4, -0.2) is 53.1 Å². The molecule has 0 unspecified atom stereocenters. The van der Waals surface area contributed by atoms with E-state index >= 15 is 0 Å². The molecule has 120 valence electrons.